The molecule has 168 valence electrons. The van der Waals surface area contributed by atoms with E-state index in [9.17, 15) is 14.4 Å². The Labute approximate surface area is 193 Å². The van der Waals surface area contributed by atoms with E-state index in [0.717, 1.165) is 4.90 Å². The summed E-state index contributed by atoms with van der Waals surface area (Å²) in [6.07, 6.45) is 3.41. The molecular weight excluding hydrogens is 448 g/mol. The van der Waals surface area contributed by atoms with Crippen molar-refractivity contribution >= 4 is 35.2 Å². The van der Waals surface area contributed by atoms with Crippen LogP contribution in [0.4, 0.5) is 4.79 Å². The summed E-state index contributed by atoms with van der Waals surface area (Å²) in [6.45, 7) is 1.12. The Morgan fingerprint density at radius 3 is 2.55 bits per heavy atom. The van der Waals surface area contributed by atoms with Gasteiger partial charge in [0.05, 0.1) is 12.5 Å². The van der Waals surface area contributed by atoms with Crippen LogP contribution < -0.4 is 5.32 Å². The summed E-state index contributed by atoms with van der Waals surface area (Å²) < 4.78 is 10.9. The molecule has 1 N–H and O–H groups in total. The predicted octanol–water partition coefficient (Wildman–Crippen LogP) is 3.67. The van der Waals surface area contributed by atoms with Crippen LogP contribution >= 0.6 is 11.6 Å². The van der Waals surface area contributed by atoms with E-state index in [1.165, 1.54) is 17.5 Å². The van der Waals surface area contributed by atoms with E-state index in [4.69, 9.17) is 20.4 Å². The zero-order valence-corrected chi connectivity index (χ0v) is 18.3. The fraction of sp³-hybridized carbons (Fsp3) is 0.217. The molecule has 4 heterocycles. The van der Waals surface area contributed by atoms with E-state index in [2.05, 4.69) is 10.4 Å². The molecule has 0 saturated carbocycles. The Bertz CT molecular complexity index is 1240. The fourth-order valence-corrected chi connectivity index (χ4v) is 4.19. The predicted molar refractivity (Wildman–Crippen MR) is 117 cm³/mol. The van der Waals surface area contributed by atoms with Crippen LogP contribution in [0.1, 0.15) is 36.5 Å². The first kappa shape index (κ1) is 21.0. The van der Waals surface area contributed by atoms with Crippen LogP contribution in [-0.4, -0.2) is 40.0 Å². The second-order valence-corrected chi connectivity index (χ2v) is 8.39. The number of rotatable bonds is 5. The maximum atomic E-state index is 13.3. The highest BCUT2D eigenvalue weighted by molar-refractivity contribution is 6.30. The molecule has 0 spiro atoms. The van der Waals surface area contributed by atoms with E-state index >= 15 is 0 Å². The molecule has 2 unspecified atom stereocenters. The number of hydrogen-bond acceptors (Lipinski definition) is 6. The van der Waals surface area contributed by atoms with Crippen LogP contribution in [0.15, 0.2) is 75.0 Å². The quantitative estimate of drug-likeness (QED) is 0.577. The van der Waals surface area contributed by atoms with E-state index < -0.39 is 36.0 Å². The number of halogens is 1. The SMILES string of the molecule is CC1(c2ccc(Cl)cc2)NC(=O)N(CC(=O)N2N=C(c3ccco3)CC2c2ccco2)C1=O. The number of nitrogens with one attached hydrogen (secondary N) is 1. The molecule has 4 amide bonds. The first-order chi connectivity index (χ1) is 15.9. The van der Waals surface area contributed by atoms with Gasteiger partial charge in [0, 0.05) is 11.4 Å². The summed E-state index contributed by atoms with van der Waals surface area (Å²) in [7, 11) is 0. The Morgan fingerprint density at radius 2 is 1.88 bits per heavy atom. The number of nitrogens with zero attached hydrogens (tertiary/aromatic N) is 3. The molecule has 10 heteroatoms. The van der Waals surface area contributed by atoms with E-state index in [1.54, 1.807) is 55.5 Å². The first-order valence-electron chi connectivity index (χ1n) is 10.2. The summed E-state index contributed by atoms with van der Waals surface area (Å²) in [5.74, 6) is 0.0120. The lowest BCUT2D eigenvalue weighted by Crippen LogP contribution is -2.43. The molecule has 0 bridgehead atoms. The normalized spacial score (nSPS) is 22.6. The third-order valence-corrected chi connectivity index (χ3v) is 6.08. The number of imide groups is 1. The number of hydrazone groups is 1. The van der Waals surface area contributed by atoms with Crippen molar-refractivity contribution in [3.8, 4) is 0 Å². The third kappa shape index (κ3) is 3.60. The molecule has 1 aromatic carbocycles. The number of urea groups is 1. The molecule has 1 saturated heterocycles. The van der Waals surface area contributed by atoms with Crippen molar-refractivity contribution in [2.75, 3.05) is 6.54 Å². The highest BCUT2D eigenvalue weighted by atomic mass is 35.5. The highest BCUT2D eigenvalue weighted by Gasteiger charge is 2.50. The van der Waals surface area contributed by atoms with Crippen molar-refractivity contribution in [1.29, 1.82) is 0 Å². The largest absolute Gasteiger partial charge is 0.467 e. The summed E-state index contributed by atoms with van der Waals surface area (Å²) in [4.78, 5) is 40.0. The van der Waals surface area contributed by atoms with Crippen molar-refractivity contribution in [2.45, 2.75) is 24.9 Å². The van der Waals surface area contributed by atoms with Crippen LogP contribution in [0.5, 0.6) is 0 Å². The average molecular weight is 467 g/mol. The van der Waals surface area contributed by atoms with Crippen molar-refractivity contribution < 1.29 is 23.2 Å². The molecule has 1 fully saturated rings. The molecule has 9 nitrogen and oxygen atoms in total. The molecule has 2 aromatic heterocycles. The summed E-state index contributed by atoms with van der Waals surface area (Å²) in [5.41, 5.74) is -0.179. The number of hydrogen-bond donors (Lipinski definition) is 1. The lowest BCUT2D eigenvalue weighted by molar-refractivity contribution is -0.140. The number of furan rings is 2. The van der Waals surface area contributed by atoms with Crippen molar-refractivity contribution in [3.63, 3.8) is 0 Å². The van der Waals surface area contributed by atoms with Crippen LogP contribution in [-0.2, 0) is 15.1 Å². The van der Waals surface area contributed by atoms with Gasteiger partial charge in [0.1, 0.15) is 35.4 Å². The molecule has 0 aliphatic carbocycles. The Hall–Kier alpha value is -3.85. The second-order valence-electron chi connectivity index (χ2n) is 7.95. The zero-order chi connectivity index (χ0) is 23.2. The third-order valence-electron chi connectivity index (χ3n) is 5.83. The molecule has 2 aliphatic rings. The monoisotopic (exact) mass is 466 g/mol. The minimum atomic E-state index is -1.31. The van der Waals surface area contributed by atoms with Gasteiger partial charge in [-0.1, -0.05) is 23.7 Å². The van der Waals surface area contributed by atoms with Gasteiger partial charge in [-0.05, 0) is 48.9 Å². The smallest absolute Gasteiger partial charge is 0.325 e. The van der Waals surface area contributed by atoms with E-state index in [1.807, 2.05) is 0 Å². The van der Waals surface area contributed by atoms with Crippen LogP contribution in [0, 0.1) is 0 Å². The molecule has 33 heavy (non-hydrogen) atoms. The van der Waals surface area contributed by atoms with Crippen LogP contribution in [0.3, 0.4) is 0 Å². The Balaban J connectivity index is 1.40. The summed E-state index contributed by atoms with van der Waals surface area (Å²) >= 11 is 5.94. The number of carbonyl (C=O) groups is 3. The minimum Gasteiger partial charge on any atom is -0.467 e. The fourth-order valence-electron chi connectivity index (χ4n) is 4.06. The summed E-state index contributed by atoms with van der Waals surface area (Å²) in [6, 6.07) is 12.4. The molecule has 2 atom stereocenters. The van der Waals surface area contributed by atoms with Gasteiger partial charge < -0.3 is 14.2 Å². The second kappa shape index (κ2) is 7.93. The van der Waals surface area contributed by atoms with Crippen molar-refractivity contribution in [3.05, 3.63) is 83.2 Å². The average Bonchev–Trinajstić information content (AvgIpc) is 3.58. The van der Waals surface area contributed by atoms with Gasteiger partial charge in [0.15, 0.2) is 0 Å². The number of benzene rings is 1. The van der Waals surface area contributed by atoms with Crippen molar-refractivity contribution in [1.82, 2.24) is 15.2 Å². The molecule has 2 aliphatic heterocycles. The lowest BCUT2D eigenvalue weighted by Gasteiger charge is -2.24. The van der Waals surface area contributed by atoms with Crippen LogP contribution in [0.25, 0.3) is 0 Å². The highest BCUT2D eigenvalue weighted by Crippen LogP contribution is 2.34. The number of carbonyl (C=O) groups excluding carboxylic acids is 3. The molecule has 5 rings (SSSR count). The van der Waals surface area contributed by atoms with Crippen molar-refractivity contribution in [2.24, 2.45) is 5.10 Å². The topological polar surface area (TPSA) is 108 Å². The maximum absolute atomic E-state index is 13.3. The van der Waals surface area contributed by atoms with Gasteiger partial charge >= 0.3 is 6.03 Å². The van der Waals surface area contributed by atoms with Gasteiger partial charge in [-0.2, -0.15) is 5.10 Å². The lowest BCUT2D eigenvalue weighted by atomic mass is 9.92. The first-order valence-corrected chi connectivity index (χ1v) is 10.6. The minimum absolute atomic E-state index is 0.370. The molecular formula is C23H19ClN4O5. The van der Waals surface area contributed by atoms with E-state index in [0.29, 0.717) is 34.2 Å². The van der Waals surface area contributed by atoms with Gasteiger partial charge in [0.25, 0.3) is 11.8 Å². The van der Waals surface area contributed by atoms with E-state index in [-0.39, 0.29) is 0 Å². The Kier molecular flexibility index (Phi) is 5.05. The molecule has 0 radical (unpaired) electrons. The van der Waals surface area contributed by atoms with Crippen LogP contribution in [0.2, 0.25) is 5.02 Å². The number of amides is 4. The maximum Gasteiger partial charge on any atom is 0.325 e. The zero-order valence-electron chi connectivity index (χ0n) is 17.5. The van der Waals surface area contributed by atoms with Gasteiger partial charge in [-0.3, -0.25) is 14.5 Å². The Morgan fingerprint density at radius 1 is 1.15 bits per heavy atom. The summed E-state index contributed by atoms with van der Waals surface area (Å²) in [5, 5.41) is 8.87. The van der Waals surface area contributed by atoms with Gasteiger partial charge in [0.2, 0.25) is 0 Å². The van der Waals surface area contributed by atoms with Gasteiger partial charge in [-0.15, -0.1) is 0 Å². The van der Waals surface area contributed by atoms with Gasteiger partial charge in [-0.25, -0.2) is 9.80 Å². The standard InChI is InChI=1S/C23H19ClN4O5/c1-23(14-6-8-15(24)9-7-14)21(30)27(22(31)25-23)13-20(29)28-17(19-5-3-11-33-19)12-16(26-28)18-4-2-10-32-18/h2-11,17H,12-13H2,1H3,(H,25,31). The molecule has 3 aromatic rings.